The van der Waals surface area contributed by atoms with E-state index in [-0.39, 0.29) is 5.92 Å². The standard InChI is InChI=1S/C19H26N2O/c1-4-15(2)19(3,22)14-21-13-16-6-5-7-18(12-16)17-8-10-20-11-9-17/h5-12,15,21-22H,4,13-14H2,1-3H3. The number of pyridine rings is 1. The van der Waals surface area contributed by atoms with E-state index in [1.807, 2.05) is 31.5 Å². The number of aromatic nitrogens is 1. The summed E-state index contributed by atoms with van der Waals surface area (Å²) in [5, 5.41) is 13.8. The number of benzene rings is 1. The molecular formula is C19H26N2O. The van der Waals surface area contributed by atoms with Gasteiger partial charge in [-0.3, -0.25) is 4.98 Å². The molecule has 1 aromatic carbocycles. The van der Waals surface area contributed by atoms with Gasteiger partial charge in [-0.1, -0.05) is 38.5 Å². The third-order valence-electron chi connectivity index (χ3n) is 4.43. The molecule has 2 N–H and O–H groups in total. The fourth-order valence-electron chi connectivity index (χ4n) is 2.48. The lowest BCUT2D eigenvalue weighted by atomic mass is 9.88. The summed E-state index contributed by atoms with van der Waals surface area (Å²) in [4.78, 5) is 4.05. The van der Waals surface area contributed by atoms with E-state index in [2.05, 4.69) is 48.4 Å². The molecule has 0 aliphatic rings. The van der Waals surface area contributed by atoms with Crippen molar-refractivity contribution in [2.24, 2.45) is 5.92 Å². The number of aliphatic hydroxyl groups is 1. The van der Waals surface area contributed by atoms with Gasteiger partial charge in [-0.2, -0.15) is 0 Å². The molecule has 0 bridgehead atoms. The van der Waals surface area contributed by atoms with Crippen molar-refractivity contribution in [3.05, 3.63) is 54.4 Å². The highest BCUT2D eigenvalue weighted by molar-refractivity contribution is 5.63. The third-order valence-corrected chi connectivity index (χ3v) is 4.43. The van der Waals surface area contributed by atoms with Crippen LogP contribution in [0.15, 0.2) is 48.8 Å². The summed E-state index contributed by atoms with van der Waals surface area (Å²) in [6.45, 7) is 7.46. The number of hydrogen-bond donors (Lipinski definition) is 2. The number of hydrogen-bond acceptors (Lipinski definition) is 3. The minimum atomic E-state index is -0.669. The molecule has 118 valence electrons. The Hall–Kier alpha value is -1.71. The van der Waals surface area contributed by atoms with Crippen LogP contribution in [0, 0.1) is 5.92 Å². The van der Waals surface area contributed by atoms with Gasteiger partial charge in [-0.05, 0) is 47.7 Å². The fourth-order valence-corrected chi connectivity index (χ4v) is 2.48. The summed E-state index contributed by atoms with van der Waals surface area (Å²) in [5.74, 6) is 0.281. The van der Waals surface area contributed by atoms with Gasteiger partial charge in [0.2, 0.25) is 0 Å². The number of nitrogens with one attached hydrogen (secondary N) is 1. The van der Waals surface area contributed by atoms with Crippen LogP contribution < -0.4 is 5.32 Å². The van der Waals surface area contributed by atoms with Crippen LogP contribution in [-0.4, -0.2) is 22.2 Å². The van der Waals surface area contributed by atoms with Gasteiger partial charge in [0.15, 0.2) is 0 Å². The Kier molecular flexibility index (Phi) is 5.69. The molecule has 0 spiro atoms. The maximum absolute atomic E-state index is 10.4. The van der Waals surface area contributed by atoms with Gasteiger partial charge in [0.25, 0.3) is 0 Å². The van der Waals surface area contributed by atoms with E-state index in [1.165, 1.54) is 16.7 Å². The Morgan fingerprint density at radius 3 is 2.59 bits per heavy atom. The topological polar surface area (TPSA) is 45.1 Å². The lowest BCUT2D eigenvalue weighted by Crippen LogP contribution is -2.42. The molecule has 0 amide bonds. The van der Waals surface area contributed by atoms with E-state index in [4.69, 9.17) is 0 Å². The quantitative estimate of drug-likeness (QED) is 0.820. The lowest BCUT2D eigenvalue weighted by Gasteiger charge is -2.30. The van der Waals surface area contributed by atoms with Gasteiger partial charge >= 0.3 is 0 Å². The van der Waals surface area contributed by atoms with Crippen molar-refractivity contribution in [3.63, 3.8) is 0 Å². The molecule has 0 saturated heterocycles. The van der Waals surface area contributed by atoms with Crippen molar-refractivity contribution in [2.45, 2.75) is 39.3 Å². The summed E-state index contributed by atoms with van der Waals surface area (Å²) in [6.07, 6.45) is 4.60. The smallest absolute Gasteiger partial charge is 0.0768 e. The van der Waals surface area contributed by atoms with Crippen LogP contribution in [0.3, 0.4) is 0 Å². The fraction of sp³-hybridized carbons (Fsp3) is 0.421. The van der Waals surface area contributed by atoms with E-state index in [9.17, 15) is 5.11 Å². The average Bonchev–Trinajstić information content (AvgIpc) is 2.55. The van der Waals surface area contributed by atoms with Crippen LogP contribution in [0.2, 0.25) is 0 Å². The van der Waals surface area contributed by atoms with Crippen LogP contribution in [-0.2, 0) is 6.54 Å². The third kappa shape index (κ3) is 4.39. The maximum Gasteiger partial charge on any atom is 0.0768 e. The van der Waals surface area contributed by atoms with Gasteiger partial charge < -0.3 is 10.4 Å². The molecule has 2 unspecified atom stereocenters. The molecule has 22 heavy (non-hydrogen) atoms. The van der Waals surface area contributed by atoms with Gasteiger partial charge in [-0.25, -0.2) is 0 Å². The number of rotatable bonds is 7. The molecule has 2 aromatic rings. The highest BCUT2D eigenvalue weighted by Crippen LogP contribution is 2.21. The van der Waals surface area contributed by atoms with Crippen LogP contribution in [0.5, 0.6) is 0 Å². The first-order valence-electron chi connectivity index (χ1n) is 7.95. The number of nitrogens with zero attached hydrogens (tertiary/aromatic N) is 1. The first-order chi connectivity index (χ1) is 10.5. The summed E-state index contributed by atoms with van der Waals surface area (Å²) < 4.78 is 0. The zero-order valence-electron chi connectivity index (χ0n) is 13.7. The minimum absolute atomic E-state index is 0.281. The zero-order chi connectivity index (χ0) is 16.0. The Morgan fingerprint density at radius 1 is 1.18 bits per heavy atom. The van der Waals surface area contributed by atoms with Crippen molar-refractivity contribution in [3.8, 4) is 11.1 Å². The predicted octanol–water partition coefficient (Wildman–Crippen LogP) is 3.64. The second kappa shape index (κ2) is 7.52. The molecule has 0 radical (unpaired) electrons. The van der Waals surface area contributed by atoms with E-state index in [0.29, 0.717) is 6.54 Å². The molecular weight excluding hydrogens is 272 g/mol. The molecule has 0 saturated carbocycles. The molecule has 3 heteroatoms. The molecule has 0 aliphatic heterocycles. The predicted molar refractivity (Wildman–Crippen MR) is 91.5 cm³/mol. The van der Waals surface area contributed by atoms with Crippen LogP contribution in [0.1, 0.15) is 32.8 Å². The summed E-state index contributed by atoms with van der Waals surface area (Å²) in [7, 11) is 0. The highest BCUT2D eigenvalue weighted by atomic mass is 16.3. The minimum Gasteiger partial charge on any atom is -0.389 e. The SMILES string of the molecule is CCC(C)C(C)(O)CNCc1cccc(-c2ccncc2)c1. The van der Waals surface area contributed by atoms with Crippen molar-refractivity contribution >= 4 is 0 Å². The lowest BCUT2D eigenvalue weighted by molar-refractivity contribution is 0.00535. The second-order valence-corrected chi connectivity index (χ2v) is 6.21. The first-order valence-corrected chi connectivity index (χ1v) is 7.95. The summed E-state index contributed by atoms with van der Waals surface area (Å²) >= 11 is 0. The molecule has 3 nitrogen and oxygen atoms in total. The highest BCUT2D eigenvalue weighted by Gasteiger charge is 2.26. The second-order valence-electron chi connectivity index (χ2n) is 6.21. The van der Waals surface area contributed by atoms with Gasteiger partial charge in [-0.15, -0.1) is 0 Å². The van der Waals surface area contributed by atoms with Gasteiger partial charge in [0, 0.05) is 25.5 Å². The van der Waals surface area contributed by atoms with Gasteiger partial charge in [0.05, 0.1) is 5.60 Å². The van der Waals surface area contributed by atoms with E-state index < -0.39 is 5.60 Å². The largest absolute Gasteiger partial charge is 0.389 e. The molecule has 0 fully saturated rings. The van der Waals surface area contributed by atoms with Gasteiger partial charge in [0.1, 0.15) is 0 Å². The Morgan fingerprint density at radius 2 is 1.91 bits per heavy atom. The van der Waals surface area contributed by atoms with E-state index >= 15 is 0 Å². The van der Waals surface area contributed by atoms with E-state index in [0.717, 1.165) is 13.0 Å². The van der Waals surface area contributed by atoms with Crippen molar-refractivity contribution in [1.82, 2.24) is 10.3 Å². The normalized spacial score (nSPS) is 15.3. The zero-order valence-corrected chi connectivity index (χ0v) is 13.7. The first kappa shape index (κ1) is 16.7. The van der Waals surface area contributed by atoms with Crippen LogP contribution in [0.25, 0.3) is 11.1 Å². The van der Waals surface area contributed by atoms with Crippen LogP contribution >= 0.6 is 0 Å². The van der Waals surface area contributed by atoms with Crippen LogP contribution in [0.4, 0.5) is 0 Å². The summed E-state index contributed by atoms with van der Waals surface area (Å²) in [5.41, 5.74) is 2.91. The summed E-state index contributed by atoms with van der Waals surface area (Å²) in [6, 6.07) is 12.5. The molecule has 0 aliphatic carbocycles. The Labute approximate surface area is 133 Å². The van der Waals surface area contributed by atoms with Crippen molar-refractivity contribution in [1.29, 1.82) is 0 Å². The maximum atomic E-state index is 10.4. The monoisotopic (exact) mass is 298 g/mol. The van der Waals surface area contributed by atoms with Crippen molar-refractivity contribution in [2.75, 3.05) is 6.54 Å². The van der Waals surface area contributed by atoms with Crippen molar-refractivity contribution < 1.29 is 5.11 Å². The Balaban J connectivity index is 1.97. The Bertz CT molecular complexity index is 581. The average molecular weight is 298 g/mol. The van der Waals surface area contributed by atoms with E-state index in [1.54, 1.807) is 0 Å². The molecule has 2 rings (SSSR count). The molecule has 2 atom stereocenters. The molecule has 1 heterocycles. The molecule has 1 aromatic heterocycles.